The first-order valence-corrected chi connectivity index (χ1v) is 12.2. The fourth-order valence-electron chi connectivity index (χ4n) is 5.19. The van der Waals surface area contributed by atoms with Crippen molar-refractivity contribution >= 4 is 28.3 Å². The summed E-state index contributed by atoms with van der Waals surface area (Å²) in [6.07, 6.45) is 5.85. The SMILES string of the molecule is Cc1ccc(CNC2CC3(C2)CC(Nc2nc(Cc4ccc(Cl)cc4)ns2)C3)c(C)c1. The fraction of sp³-hybridized carbons (Fsp3) is 0.440. The molecule has 1 spiro atoms. The molecule has 0 saturated heterocycles. The van der Waals surface area contributed by atoms with Gasteiger partial charge in [-0.25, -0.2) is 4.98 Å². The standard InChI is InChI=1S/C25H29ClN4S/c1-16-3-6-19(17(2)9-16)15-27-21-11-25(12-21)13-22(14-25)28-24-29-23(30-31-24)10-18-4-7-20(26)8-5-18/h3-9,21-22,27H,10-15H2,1-2H3,(H,28,29,30). The Hall–Kier alpha value is -1.95. The highest BCUT2D eigenvalue weighted by molar-refractivity contribution is 7.09. The maximum atomic E-state index is 5.96. The first-order valence-electron chi connectivity index (χ1n) is 11.1. The van der Waals surface area contributed by atoms with Gasteiger partial charge in [0.1, 0.15) is 5.82 Å². The van der Waals surface area contributed by atoms with Gasteiger partial charge in [0.25, 0.3) is 0 Å². The van der Waals surface area contributed by atoms with Gasteiger partial charge in [-0.1, -0.05) is 47.5 Å². The summed E-state index contributed by atoms with van der Waals surface area (Å²) >= 11 is 7.43. The second-order valence-corrected chi connectivity index (χ2v) is 10.7. The second-order valence-electron chi connectivity index (χ2n) is 9.48. The van der Waals surface area contributed by atoms with E-state index in [1.54, 1.807) is 0 Å². The number of aryl methyl sites for hydroxylation is 2. The third-order valence-corrected chi connectivity index (χ3v) is 7.80. The molecule has 5 rings (SSSR count). The molecule has 0 aliphatic heterocycles. The van der Waals surface area contributed by atoms with Crippen molar-refractivity contribution in [3.63, 3.8) is 0 Å². The van der Waals surface area contributed by atoms with Crippen molar-refractivity contribution in [2.24, 2.45) is 5.41 Å². The highest BCUT2D eigenvalue weighted by Gasteiger charge is 2.52. The van der Waals surface area contributed by atoms with E-state index < -0.39 is 0 Å². The second kappa shape index (κ2) is 8.53. The van der Waals surface area contributed by atoms with Crippen LogP contribution in [-0.4, -0.2) is 21.4 Å². The number of anilines is 1. The van der Waals surface area contributed by atoms with Crippen LogP contribution in [-0.2, 0) is 13.0 Å². The largest absolute Gasteiger partial charge is 0.358 e. The van der Waals surface area contributed by atoms with E-state index in [1.165, 1.54) is 59.5 Å². The van der Waals surface area contributed by atoms with Crippen molar-refractivity contribution in [2.75, 3.05) is 5.32 Å². The number of hydrogen-bond acceptors (Lipinski definition) is 5. The lowest BCUT2D eigenvalue weighted by atomic mass is 9.52. The molecule has 3 aromatic rings. The van der Waals surface area contributed by atoms with E-state index in [2.05, 4.69) is 52.0 Å². The topological polar surface area (TPSA) is 49.8 Å². The van der Waals surface area contributed by atoms with Crippen molar-refractivity contribution < 1.29 is 0 Å². The van der Waals surface area contributed by atoms with Crippen molar-refractivity contribution in [3.8, 4) is 0 Å². The fourth-order valence-corrected chi connectivity index (χ4v) is 5.98. The highest BCUT2D eigenvalue weighted by atomic mass is 35.5. The van der Waals surface area contributed by atoms with E-state index in [9.17, 15) is 0 Å². The summed E-state index contributed by atoms with van der Waals surface area (Å²) in [7, 11) is 0. The van der Waals surface area contributed by atoms with Crippen molar-refractivity contribution in [1.29, 1.82) is 0 Å². The molecule has 2 fully saturated rings. The van der Waals surface area contributed by atoms with Gasteiger partial charge >= 0.3 is 0 Å². The maximum Gasteiger partial charge on any atom is 0.202 e. The zero-order chi connectivity index (χ0) is 21.4. The molecule has 0 unspecified atom stereocenters. The summed E-state index contributed by atoms with van der Waals surface area (Å²) < 4.78 is 4.52. The number of aromatic nitrogens is 2. The minimum atomic E-state index is 0.539. The molecule has 2 aliphatic rings. The monoisotopic (exact) mass is 452 g/mol. The lowest BCUT2D eigenvalue weighted by molar-refractivity contribution is -0.0125. The Labute approximate surface area is 193 Å². The van der Waals surface area contributed by atoms with Crippen LogP contribution in [0.4, 0.5) is 5.13 Å². The zero-order valence-corrected chi connectivity index (χ0v) is 19.7. The van der Waals surface area contributed by atoms with Gasteiger partial charge in [-0.2, -0.15) is 4.37 Å². The summed E-state index contributed by atoms with van der Waals surface area (Å²) in [6, 6.07) is 15.8. The van der Waals surface area contributed by atoms with Crippen LogP contribution in [0.3, 0.4) is 0 Å². The average molecular weight is 453 g/mol. The molecule has 2 N–H and O–H groups in total. The number of halogens is 1. The van der Waals surface area contributed by atoms with Crippen LogP contribution in [0.15, 0.2) is 42.5 Å². The molecule has 0 radical (unpaired) electrons. The Kier molecular flexibility index (Phi) is 5.76. The van der Waals surface area contributed by atoms with Gasteiger partial charge in [0.2, 0.25) is 5.13 Å². The van der Waals surface area contributed by atoms with Crippen LogP contribution in [0.2, 0.25) is 5.02 Å². The van der Waals surface area contributed by atoms with Crippen LogP contribution in [0.1, 0.15) is 53.8 Å². The molecule has 1 heterocycles. The molecule has 31 heavy (non-hydrogen) atoms. The Morgan fingerprint density at radius 3 is 2.52 bits per heavy atom. The summed E-state index contributed by atoms with van der Waals surface area (Å²) in [6.45, 7) is 5.35. The molecule has 6 heteroatoms. The van der Waals surface area contributed by atoms with Gasteiger partial charge in [-0.05, 0) is 73.8 Å². The number of hydrogen-bond donors (Lipinski definition) is 2. The first kappa shape index (κ1) is 20.9. The molecule has 0 bridgehead atoms. The molecule has 2 saturated carbocycles. The number of nitrogens with one attached hydrogen (secondary N) is 2. The van der Waals surface area contributed by atoms with E-state index in [4.69, 9.17) is 11.6 Å². The Morgan fingerprint density at radius 2 is 1.77 bits per heavy atom. The molecule has 2 aromatic carbocycles. The lowest BCUT2D eigenvalue weighted by Crippen LogP contribution is -2.58. The number of nitrogens with zero attached hydrogens (tertiary/aromatic N) is 2. The summed E-state index contributed by atoms with van der Waals surface area (Å²) in [5.74, 6) is 0.878. The van der Waals surface area contributed by atoms with E-state index in [1.807, 2.05) is 24.3 Å². The zero-order valence-electron chi connectivity index (χ0n) is 18.1. The normalized spacial score (nSPS) is 24.6. The molecule has 4 nitrogen and oxygen atoms in total. The number of rotatable bonds is 7. The molecule has 0 amide bonds. The minimum absolute atomic E-state index is 0.539. The summed E-state index contributed by atoms with van der Waals surface area (Å²) in [5, 5.41) is 9.08. The van der Waals surface area contributed by atoms with Crippen LogP contribution < -0.4 is 10.6 Å². The van der Waals surface area contributed by atoms with Crippen LogP contribution in [0.5, 0.6) is 0 Å². The molecular formula is C25H29ClN4S. The van der Waals surface area contributed by atoms with Gasteiger partial charge < -0.3 is 10.6 Å². The van der Waals surface area contributed by atoms with Crippen molar-refractivity contribution in [3.05, 3.63) is 75.6 Å². The summed E-state index contributed by atoms with van der Waals surface area (Å²) in [4.78, 5) is 4.68. The van der Waals surface area contributed by atoms with Crippen molar-refractivity contribution in [1.82, 2.24) is 14.7 Å². The van der Waals surface area contributed by atoms with E-state index in [-0.39, 0.29) is 0 Å². The molecule has 0 atom stereocenters. The third kappa shape index (κ3) is 4.79. The first-order chi connectivity index (χ1) is 15.0. The smallest absolute Gasteiger partial charge is 0.202 e. The van der Waals surface area contributed by atoms with Crippen molar-refractivity contribution in [2.45, 2.75) is 64.6 Å². The van der Waals surface area contributed by atoms with E-state index >= 15 is 0 Å². The number of benzene rings is 2. The van der Waals surface area contributed by atoms with E-state index in [0.29, 0.717) is 17.5 Å². The van der Waals surface area contributed by atoms with Gasteiger partial charge in [0, 0.05) is 41.6 Å². The lowest BCUT2D eigenvalue weighted by Gasteiger charge is -2.58. The molecule has 1 aromatic heterocycles. The third-order valence-electron chi connectivity index (χ3n) is 6.87. The quantitative estimate of drug-likeness (QED) is 0.467. The Bertz CT molecular complexity index is 1050. The molecular weight excluding hydrogens is 424 g/mol. The Balaban J connectivity index is 1.05. The predicted molar refractivity (Wildman–Crippen MR) is 129 cm³/mol. The maximum absolute atomic E-state index is 5.96. The van der Waals surface area contributed by atoms with Crippen LogP contribution >= 0.6 is 23.1 Å². The minimum Gasteiger partial charge on any atom is -0.358 e. The summed E-state index contributed by atoms with van der Waals surface area (Å²) in [5.41, 5.74) is 5.89. The van der Waals surface area contributed by atoms with Gasteiger partial charge in [-0.15, -0.1) is 0 Å². The molecule has 2 aliphatic carbocycles. The van der Waals surface area contributed by atoms with Gasteiger partial charge in [0.15, 0.2) is 0 Å². The Morgan fingerprint density at radius 1 is 1.03 bits per heavy atom. The predicted octanol–water partition coefficient (Wildman–Crippen LogP) is 5.91. The van der Waals surface area contributed by atoms with Gasteiger partial charge in [-0.3, -0.25) is 0 Å². The van der Waals surface area contributed by atoms with Crippen LogP contribution in [0, 0.1) is 19.3 Å². The van der Waals surface area contributed by atoms with Crippen LogP contribution in [0.25, 0.3) is 0 Å². The highest BCUT2D eigenvalue weighted by Crippen LogP contribution is 2.56. The average Bonchev–Trinajstić information content (AvgIpc) is 3.12. The molecule has 162 valence electrons. The van der Waals surface area contributed by atoms with Gasteiger partial charge in [0.05, 0.1) is 0 Å². The van der Waals surface area contributed by atoms with E-state index in [0.717, 1.165) is 28.9 Å².